The van der Waals surface area contributed by atoms with E-state index in [-0.39, 0.29) is 29.3 Å². The summed E-state index contributed by atoms with van der Waals surface area (Å²) in [6.45, 7) is 5.48. The molecule has 5 rings (SSSR count). The molecular formula is C27H27N9O11S3. The molecule has 20 nitrogen and oxygen atoms in total. The molecule has 23 heteroatoms. The van der Waals surface area contributed by atoms with Crippen molar-refractivity contribution in [3.63, 3.8) is 0 Å². The van der Waals surface area contributed by atoms with Crippen LogP contribution in [0.25, 0.3) is 11.3 Å². The SMILES string of the molecule is CC(C)(C)c1[nH]n2nc(Cc3ccc(NC(=O)C(=O)O)cc3)nc2c1N=Nc1c(S(C)(=O)=O)cnn1-c1cc(S(=O)(=O)O)ccc1S(=O)(=O)O. The molecule has 0 atom stereocenters. The summed E-state index contributed by atoms with van der Waals surface area (Å²) in [6.07, 6.45) is 1.82. The Morgan fingerprint density at radius 1 is 0.940 bits per heavy atom. The van der Waals surface area contributed by atoms with E-state index in [1.165, 1.54) is 16.8 Å². The highest BCUT2D eigenvalue weighted by molar-refractivity contribution is 7.90. The van der Waals surface area contributed by atoms with Gasteiger partial charge in [0.25, 0.3) is 20.2 Å². The van der Waals surface area contributed by atoms with Crippen LogP contribution in [0, 0.1) is 0 Å². The largest absolute Gasteiger partial charge is 0.474 e. The van der Waals surface area contributed by atoms with Gasteiger partial charge in [-0.25, -0.2) is 22.9 Å². The molecule has 0 bridgehead atoms. The van der Waals surface area contributed by atoms with Gasteiger partial charge in [0.15, 0.2) is 27.2 Å². The lowest BCUT2D eigenvalue weighted by Gasteiger charge is -2.16. The van der Waals surface area contributed by atoms with Crippen molar-refractivity contribution >= 4 is 64.8 Å². The number of hydrogen-bond acceptors (Lipinski definition) is 13. The monoisotopic (exact) mass is 749 g/mol. The molecule has 5 N–H and O–H groups in total. The fourth-order valence-electron chi connectivity index (χ4n) is 4.62. The Labute approximate surface area is 283 Å². The van der Waals surface area contributed by atoms with Crippen molar-refractivity contribution in [1.82, 2.24) is 29.6 Å². The highest BCUT2D eigenvalue weighted by Gasteiger charge is 2.29. The van der Waals surface area contributed by atoms with Gasteiger partial charge < -0.3 is 10.4 Å². The molecule has 0 unspecified atom stereocenters. The lowest BCUT2D eigenvalue weighted by molar-refractivity contribution is -0.147. The Balaban J connectivity index is 1.62. The van der Waals surface area contributed by atoms with E-state index < -0.39 is 73.6 Å². The van der Waals surface area contributed by atoms with Gasteiger partial charge in [-0.2, -0.15) is 26.6 Å². The van der Waals surface area contributed by atoms with Crippen LogP contribution in [0.15, 0.2) is 73.6 Å². The second-order valence-corrected chi connectivity index (χ2v) is 16.6. The topological polar surface area (TPSA) is 298 Å². The molecule has 0 saturated heterocycles. The normalized spacial score (nSPS) is 12.9. The van der Waals surface area contributed by atoms with Crippen LogP contribution in [0.5, 0.6) is 0 Å². The van der Waals surface area contributed by atoms with E-state index in [1.807, 2.05) is 20.8 Å². The summed E-state index contributed by atoms with van der Waals surface area (Å²) in [5, 5.41) is 30.8. The number of carbonyl (C=O) groups is 2. The molecular weight excluding hydrogens is 723 g/mol. The number of aliphatic carboxylic acids is 1. The average Bonchev–Trinajstić information content (AvgIpc) is 3.68. The summed E-state index contributed by atoms with van der Waals surface area (Å²) in [5.41, 5.74) is 0.323. The van der Waals surface area contributed by atoms with Crippen LogP contribution >= 0.6 is 0 Å². The molecule has 0 fully saturated rings. The molecule has 3 aromatic heterocycles. The third-order valence-corrected chi connectivity index (χ3v) is 9.76. The number of hydrogen-bond donors (Lipinski definition) is 5. The number of fused-ring (bicyclic) bond motifs is 1. The highest BCUT2D eigenvalue weighted by Crippen LogP contribution is 2.37. The zero-order chi connectivity index (χ0) is 37.0. The van der Waals surface area contributed by atoms with Gasteiger partial charge in [-0.1, -0.05) is 32.9 Å². The van der Waals surface area contributed by atoms with Crippen LogP contribution in [0.1, 0.15) is 37.9 Å². The lowest BCUT2D eigenvalue weighted by atomic mass is 9.91. The predicted molar refractivity (Wildman–Crippen MR) is 172 cm³/mol. The summed E-state index contributed by atoms with van der Waals surface area (Å²) in [4.78, 5) is 24.5. The van der Waals surface area contributed by atoms with Gasteiger partial charge in [0.05, 0.1) is 22.5 Å². The van der Waals surface area contributed by atoms with Crippen molar-refractivity contribution in [3.8, 4) is 5.69 Å². The number of rotatable bonds is 9. The number of sulfone groups is 1. The number of carboxylic acids is 1. The van der Waals surface area contributed by atoms with E-state index in [9.17, 15) is 43.9 Å². The van der Waals surface area contributed by atoms with E-state index in [0.29, 0.717) is 34.1 Å². The Kier molecular flexibility index (Phi) is 8.99. The minimum Gasteiger partial charge on any atom is -0.474 e. The van der Waals surface area contributed by atoms with E-state index in [2.05, 4.69) is 35.8 Å². The first-order valence-corrected chi connectivity index (χ1v) is 18.7. The van der Waals surface area contributed by atoms with Gasteiger partial charge >= 0.3 is 11.9 Å². The number of nitrogens with zero attached hydrogens (tertiary/aromatic N) is 7. The smallest absolute Gasteiger partial charge is 0.394 e. The standard InChI is InChI=1S/C27H27N9O11S3/c1-27(2,3)22-21(24-30-20(33-36(24)34-22)11-14-5-7-15(8-6-14)29-25(37)26(38)39)31-32-23-19(48(4,40)41)13-28-35(23)17-12-16(49(42,43)44)9-10-18(17)50(45,46)47/h5-10,12-13,34H,11H2,1-4H3,(H,29,37)(H,38,39)(H,42,43,44)(H,45,46,47). The van der Waals surface area contributed by atoms with Crippen molar-refractivity contribution in [2.45, 2.75) is 47.3 Å². The molecule has 264 valence electrons. The Hall–Kier alpha value is -5.36. The molecule has 0 saturated carbocycles. The summed E-state index contributed by atoms with van der Waals surface area (Å²) in [7, 11) is -14.1. The minimum absolute atomic E-state index is 0.0943. The number of H-pyrrole nitrogens is 1. The number of aromatic nitrogens is 6. The number of azo groups is 1. The van der Waals surface area contributed by atoms with Crippen LogP contribution < -0.4 is 5.32 Å². The van der Waals surface area contributed by atoms with Crippen LogP contribution in [-0.2, 0) is 51.5 Å². The first kappa shape index (κ1) is 35.9. The second-order valence-electron chi connectivity index (χ2n) is 11.8. The molecule has 50 heavy (non-hydrogen) atoms. The average molecular weight is 750 g/mol. The number of anilines is 1. The summed E-state index contributed by atoms with van der Waals surface area (Å²) in [5.74, 6) is -3.13. The fourth-order valence-corrected chi connectivity index (χ4v) is 6.47. The van der Waals surface area contributed by atoms with Gasteiger partial charge in [0.1, 0.15) is 9.79 Å². The molecule has 0 radical (unpaired) electrons. The third kappa shape index (κ3) is 7.45. The molecule has 1 amide bonds. The maximum Gasteiger partial charge on any atom is 0.394 e. The molecule has 0 aliphatic heterocycles. The molecule has 0 aliphatic carbocycles. The maximum absolute atomic E-state index is 12.7. The summed E-state index contributed by atoms with van der Waals surface area (Å²) >= 11 is 0. The number of carbonyl (C=O) groups excluding carboxylic acids is 1. The number of amides is 1. The zero-order valence-corrected chi connectivity index (χ0v) is 28.7. The minimum atomic E-state index is -5.06. The molecule has 0 aliphatic rings. The molecule has 5 aromatic rings. The van der Waals surface area contributed by atoms with Gasteiger partial charge in [-0.3, -0.25) is 19.0 Å². The van der Waals surface area contributed by atoms with Crippen molar-refractivity contribution < 1.29 is 49.1 Å². The van der Waals surface area contributed by atoms with Gasteiger partial charge in [-0.15, -0.1) is 15.3 Å². The number of carboxylic acid groups (broad SMARTS) is 1. The second kappa shape index (κ2) is 12.5. The van der Waals surface area contributed by atoms with Crippen LogP contribution in [0.4, 0.5) is 17.2 Å². The Morgan fingerprint density at radius 2 is 1.60 bits per heavy atom. The van der Waals surface area contributed by atoms with Gasteiger partial charge in [0, 0.05) is 23.8 Å². The van der Waals surface area contributed by atoms with Gasteiger partial charge in [0.2, 0.25) is 5.65 Å². The number of aromatic amines is 1. The van der Waals surface area contributed by atoms with Crippen LogP contribution in [0.2, 0.25) is 0 Å². The number of nitrogens with one attached hydrogen (secondary N) is 2. The quantitative estimate of drug-likeness (QED) is 0.0822. The van der Waals surface area contributed by atoms with Crippen molar-refractivity contribution in [3.05, 3.63) is 65.7 Å². The first-order chi connectivity index (χ1) is 23.0. The Bertz CT molecular complexity index is 2550. The molecule has 0 spiro atoms. The van der Waals surface area contributed by atoms with E-state index >= 15 is 0 Å². The summed E-state index contributed by atoms with van der Waals surface area (Å²) in [6, 6.07) is 8.29. The Morgan fingerprint density at radius 3 is 2.16 bits per heavy atom. The molecule has 2 aromatic carbocycles. The summed E-state index contributed by atoms with van der Waals surface area (Å²) < 4.78 is 95.1. The van der Waals surface area contributed by atoms with E-state index in [4.69, 9.17) is 5.11 Å². The predicted octanol–water partition coefficient (Wildman–Crippen LogP) is 2.47. The van der Waals surface area contributed by atoms with Crippen LogP contribution in [-0.4, -0.2) is 87.2 Å². The van der Waals surface area contributed by atoms with Crippen LogP contribution in [0.3, 0.4) is 0 Å². The lowest BCUT2D eigenvalue weighted by Crippen LogP contribution is -2.21. The zero-order valence-electron chi connectivity index (χ0n) is 26.3. The first-order valence-electron chi connectivity index (χ1n) is 13.9. The van der Waals surface area contributed by atoms with Gasteiger partial charge in [-0.05, 0) is 35.9 Å². The van der Waals surface area contributed by atoms with E-state index in [0.717, 1.165) is 12.5 Å². The fraction of sp³-hybridized carbons (Fsp3) is 0.222. The maximum atomic E-state index is 12.7. The van der Waals surface area contributed by atoms with E-state index in [1.54, 1.807) is 12.1 Å². The molecule has 3 heterocycles. The van der Waals surface area contributed by atoms with Crippen molar-refractivity contribution in [2.75, 3.05) is 11.6 Å². The third-order valence-electron chi connectivity index (χ3n) is 6.93. The van der Waals surface area contributed by atoms with Crippen molar-refractivity contribution in [2.24, 2.45) is 10.2 Å². The highest BCUT2D eigenvalue weighted by atomic mass is 32.2. The van der Waals surface area contributed by atoms with Crippen molar-refractivity contribution in [1.29, 1.82) is 0 Å². The number of benzene rings is 2.